The number of carbonyl (C=O) groups excluding carboxylic acids is 5. The number of amides is 6. The highest BCUT2D eigenvalue weighted by atomic mass is 31.2. The Balaban J connectivity index is 5.88. The molecule has 0 aromatic heterocycles. The first-order chi connectivity index (χ1) is 54.1. The fourth-order valence-corrected chi connectivity index (χ4v) is 16.3. The summed E-state index contributed by atoms with van der Waals surface area (Å²) in [6.45, 7) is 11.5. The Bertz CT molecular complexity index is 2190. The van der Waals surface area contributed by atoms with Crippen LogP contribution in [0.25, 0.3) is 0 Å². The van der Waals surface area contributed by atoms with Crippen molar-refractivity contribution in [1.82, 2.24) is 31.9 Å². The molecule has 6 unspecified atom stereocenters. The van der Waals surface area contributed by atoms with Gasteiger partial charge in [0.2, 0.25) is 23.6 Å². The lowest BCUT2D eigenvalue weighted by Crippen LogP contribution is -2.41. The second-order valence-corrected chi connectivity index (χ2v) is 35.6. The van der Waals surface area contributed by atoms with Gasteiger partial charge in [-0.15, -0.1) is 4.67 Å². The monoisotopic (exact) mass is 1620 g/mol. The first-order valence-corrected chi connectivity index (χ1v) is 50.1. The van der Waals surface area contributed by atoms with E-state index in [0.29, 0.717) is 51.4 Å². The van der Waals surface area contributed by atoms with E-state index in [0.717, 1.165) is 141 Å². The van der Waals surface area contributed by atoms with Crippen molar-refractivity contribution in [3.63, 3.8) is 0 Å². The maximum atomic E-state index is 13.7. The number of phosphoric acid groups is 2. The lowest BCUT2D eigenvalue weighted by molar-refractivity contribution is -0.166. The summed E-state index contributed by atoms with van der Waals surface area (Å²) in [5.74, 6) is -0.268. The number of urea groups is 1. The van der Waals surface area contributed by atoms with Gasteiger partial charge in [-0.25, -0.2) is 19.2 Å². The average Bonchev–Trinajstić information content (AvgIpc) is 0.897. The van der Waals surface area contributed by atoms with Crippen molar-refractivity contribution in [2.45, 2.75) is 502 Å². The molecule has 0 aliphatic carbocycles. The molecule has 0 aliphatic rings. The number of nitrogens with one attached hydrogen (secondary N) is 6. The highest BCUT2D eigenvalue weighted by Crippen LogP contribution is 2.48. The summed E-state index contributed by atoms with van der Waals surface area (Å²) in [6.07, 6.45) is 73.0. The number of unbranched alkanes of at least 4 members (excludes halogenated alkanes) is 52. The van der Waals surface area contributed by atoms with Crippen LogP contribution >= 0.6 is 15.6 Å². The molecule has 0 saturated heterocycles. The Kier molecular flexibility index (Phi) is 80.4. The molecule has 0 rings (SSSR count). The highest BCUT2D eigenvalue weighted by Gasteiger charge is 2.31. The minimum absolute atomic E-state index is 0.0281. The second kappa shape index (κ2) is 82.4. The zero-order valence-corrected chi connectivity index (χ0v) is 74.6. The Morgan fingerprint density at radius 1 is 0.270 bits per heavy atom. The topological polar surface area (TPSA) is 278 Å². The molecular weight excluding hydrogens is 1440 g/mol. The Morgan fingerprint density at radius 2 is 0.486 bits per heavy atom. The van der Waals surface area contributed by atoms with Crippen molar-refractivity contribution in [3.8, 4) is 0 Å². The van der Waals surface area contributed by atoms with Crippen LogP contribution in [0.1, 0.15) is 478 Å². The second-order valence-electron chi connectivity index (χ2n) is 32.6. The number of hydrogen-bond acceptors (Lipinski definition) is 13. The summed E-state index contributed by atoms with van der Waals surface area (Å²) >= 11 is 0. The Hall–Kier alpha value is -2.67. The third-order valence-electron chi connectivity index (χ3n) is 21.8. The summed E-state index contributed by atoms with van der Waals surface area (Å²) < 4.78 is 53.4. The molecule has 0 spiro atoms. The van der Waals surface area contributed by atoms with Crippen molar-refractivity contribution in [3.05, 3.63) is 0 Å². The fraction of sp³-hybridized carbons (Fsp3) is 0.944. The molecule has 0 radical (unpaired) electrons. The van der Waals surface area contributed by atoms with Gasteiger partial charge in [-0.1, -0.05) is 388 Å². The van der Waals surface area contributed by atoms with Crippen LogP contribution in [0.15, 0.2) is 0 Å². The van der Waals surface area contributed by atoms with Crippen molar-refractivity contribution < 1.29 is 66.0 Å². The summed E-state index contributed by atoms with van der Waals surface area (Å²) in [5.41, 5.74) is 0. The number of phosphoric ester groups is 2. The van der Waals surface area contributed by atoms with E-state index in [2.05, 4.69) is 78.1 Å². The summed E-state index contributed by atoms with van der Waals surface area (Å²) in [4.78, 5) is 77.9. The minimum atomic E-state index is -4.69. The predicted octanol–water partition coefficient (Wildman–Crippen LogP) is 25.6. The van der Waals surface area contributed by atoms with Gasteiger partial charge in [0, 0.05) is 50.9 Å². The number of rotatable bonds is 89. The van der Waals surface area contributed by atoms with Gasteiger partial charge in [-0.2, -0.15) is 0 Å². The maximum absolute atomic E-state index is 13.7. The largest absolute Gasteiger partial charge is 0.502 e. The van der Waals surface area contributed by atoms with E-state index in [-0.39, 0.29) is 62.0 Å². The van der Waals surface area contributed by atoms with Gasteiger partial charge in [0.1, 0.15) is 0 Å². The van der Waals surface area contributed by atoms with Crippen LogP contribution in [0.5, 0.6) is 0 Å². The molecule has 0 aliphatic heterocycles. The molecule has 0 saturated carbocycles. The first kappa shape index (κ1) is 108. The van der Waals surface area contributed by atoms with E-state index < -0.39 is 47.0 Å². The predicted molar refractivity (Wildman–Crippen MR) is 462 cm³/mol. The Labute approximate surface area is 681 Å². The van der Waals surface area contributed by atoms with Gasteiger partial charge < -0.3 is 36.8 Å². The van der Waals surface area contributed by atoms with E-state index in [9.17, 15) is 43.3 Å². The standard InChI is InChI=1S/C89H178N6O14P2/c1-7-13-19-25-31-35-39-43-49-55-61-67-85(96)92-81(65-59-53-47-29-23-17-11-5)71-73-83(94-87(98)69-63-57-51-45-41-37-33-27-21-15-9-3)79-107-110(102,103)105-77-75-90-89(100)91-76-78-106-111(104,109-101)108-80-84(95-88(99)70-64-58-52-46-42-38-34-28-22-16-10-4)74-72-82(66-60-54-48-30-24-18-12-6)93-86(97)68-62-56-50-44-40-36-32-26-20-14-8-2/h81-84,101H,7-80H2,1-6H3,(H,92,96)(H,93,97)(H,94,98)(H,95,99)(H,102,103)(H2,90,91,100). The molecule has 8 N–H and O–H groups in total. The lowest BCUT2D eigenvalue weighted by atomic mass is 9.99. The van der Waals surface area contributed by atoms with Gasteiger partial charge in [0.15, 0.2) is 0 Å². The zero-order valence-electron chi connectivity index (χ0n) is 72.8. The van der Waals surface area contributed by atoms with Gasteiger partial charge in [0.05, 0.1) is 38.5 Å². The molecule has 6 amide bonds. The van der Waals surface area contributed by atoms with E-state index in [4.69, 9.17) is 18.1 Å². The van der Waals surface area contributed by atoms with Crippen LogP contribution in [0, 0.1) is 0 Å². The first-order valence-electron chi connectivity index (χ1n) is 47.1. The molecule has 0 aromatic carbocycles. The molecule has 658 valence electrons. The van der Waals surface area contributed by atoms with E-state index >= 15 is 0 Å². The summed E-state index contributed by atoms with van der Waals surface area (Å²) in [5, 5.41) is 27.8. The van der Waals surface area contributed by atoms with Crippen LogP contribution in [0.2, 0.25) is 0 Å². The van der Waals surface area contributed by atoms with E-state index in [1.807, 2.05) is 0 Å². The molecule has 6 atom stereocenters. The van der Waals surface area contributed by atoms with E-state index in [1.165, 1.54) is 244 Å². The van der Waals surface area contributed by atoms with Crippen LogP contribution in [0.3, 0.4) is 0 Å². The summed E-state index contributed by atoms with van der Waals surface area (Å²) in [7, 11) is -9.32. The van der Waals surface area contributed by atoms with Crippen molar-refractivity contribution >= 4 is 45.3 Å². The molecule has 0 fully saturated rings. The van der Waals surface area contributed by atoms with Crippen molar-refractivity contribution in [1.29, 1.82) is 0 Å². The zero-order chi connectivity index (χ0) is 81.3. The van der Waals surface area contributed by atoms with Crippen LogP contribution in [-0.4, -0.2) is 103 Å². The summed E-state index contributed by atoms with van der Waals surface area (Å²) in [6, 6.07) is -2.27. The van der Waals surface area contributed by atoms with Crippen LogP contribution in [0.4, 0.5) is 4.79 Å². The van der Waals surface area contributed by atoms with Crippen LogP contribution in [-0.2, 0) is 51.1 Å². The smallest absolute Gasteiger partial charge is 0.353 e. The average molecular weight is 1620 g/mol. The molecule has 111 heavy (non-hydrogen) atoms. The molecule has 20 nitrogen and oxygen atoms in total. The molecule has 22 heteroatoms. The molecule has 0 bridgehead atoms. The van der Waals surface area contributed by atoms with E-state index in [1.54, 1.807) is 0 Å². The molecule has 0 heterocycles. The third kappa shape index (κ3) is 77.0. The molecule has 0 aromatic rings. The SMILES string of the molecule is CCCCCCCCCCCCCC(=O)NC(CCCCCCCCC)CCC(COP(=O)(O)OCCNC(=O)NCCOP(=O)(OO)OCC(CCC(CCCCCCCCC)NC(=O)CCCCCCCCCCCCC)NC(=O)CCCCCCCCCCCCC)NC(=O)CCCCCCCCCCCCC. The van der Waals surface area contributed by atoms with Gasteiger partial charge in [0.25, 0.3) is 0 Å². The number of hydrogen-bond donors (Lipinski definition) is 8. The third-order valence-corrected chi connectivity index (χ3v) is 23.9. The Morgan fingerprint density at radius 3 is 0.748 bits per heavy atom. The van der Waals surface area contributed by atoms with Crippen molar-refractivity contribution in [2.75, 3.05) is 39.5 Å². The van der Waals surface area contributed by atoms with Crippen LogP contribution < -0.4 is 31.9 Å². The van der Waals surface area contributed by atoms with Gasteiger partial charge >= 0.3 is 21.7 Å². The highest BCUT2D eigenvalue weighted by molar-refractivity contribution is 7.48. The number of carbonyl (C=O) groups is 5. The minimum Gasteiger partial charge on any atom is -0.353 e. The maximum Gasteiger partial charge on any atom is 0.502 e. The van der Waals surface area contributed by atoms with Gasteiger partial charge in [-0.05, 0) is 64.2 Å². The quantitative estimate of drug-likeness (QED) is 0.0122. The van der Waals surface area contributed by atoms with Crippen molar-refractivity contribution in [2.24, 2.45) is 0 Å². The fourth-order valence-electron chi connectivity index (χ4n) is 14.7. The molecular formula is C89H178N6O14P2. The normalized spacial score (nSPS) is 13.8. The lowest BCUT2D eigenvalue weighted by Gasteiger charge is -2.24. The van der Waals surface area contributed by atoms with Gasteiger partial charge in [-0.3, -0.25) is 37.3 Å².